The van der Waals surface area contributed by atoms with Crippen molar-refractivity contribution < 1.29 is 9.47 Å². The lowest BCUT2D eigenvalue weighted by molar-refractivity contribution is -0.159. The normalized spacial score (nSPS) is 34.2. The molecule has 10 heavy (non-hydrogen) atoms. The zero-order valence-electron chi connectivity index (χ0n) is 6.80. The van der Waals surface area contributed by atoms with Crippen molar-refractivity contribution in [3.05, 3.63) is 0 Å². The van der Waals surface area contributed by atoms with Gasteiger partial charge in [0.1, 0.15) is 0 Å². The van der Waals surface area contributed by atoms with Crippen LogP contribution in [0.1, 0.15) is 26.2 Å². The number of ether oxygens (including phenoxy) is 2. The molecule has 2 heteroatoms. The molecule has 0 aromatic rings. The minimum Gasteiger partial charge on any atom is -0.356 e. The molecular weight excluding hydrogens is 128 g/mol. The van der Waals surface area contributed by atoms with Crippen molar-refractivity contribution in [1.82, 2.24) is 0 Å². The van der Waals surface area contributed by atoms with Gasteiger partial charge in [-0.3, -0.25) is 0 Å². The smallest absolute Gasteiger partial charge is 0.157 e. The van der Waals surface area contributed by atoms with Crippen LogP contribution in [-0.2, 0) is 9.47 Å². The summed E-state index contributed by atoms with van der Waals surface area (Å²) >= 11 is 0. The summed E-state index contributed by atoms with van der Waals surface area (Å²) in [5.74, 6) is 0.770. The van der Waals surface area contributed by atoms with Crippen LogP contribution < -0.4 is 0 Å². The lowest BCUT2D eigenvalue weighted by atomic mass is 9.99. The van der Waals surface area contributed by atoms with E-state index in [0.29, 0.717) is 0 Å². The monoisotopic (exact) mass is 144 g/mol. The highest BCUT2D eigenvalue weighted by Gasteiger charge is 2.19. The second kappa shape index (κ2) is 3.94. The van der Waals surface area contributed by atoms with Gasteiger partial charge in [-0.15, -0.1) is 0 Å². The molecule has 0 aromatic carbocycles. The molecule has 1 saturated heterocycles. The van der Waals surface area contributed by atoms with E-state index in [1.165, 1.54) is 12.8 Å². The quantitative estimate of drug-likeness (QED) is 0.588. The van der Waals surface area contributed by atoms with Gasteiger partial charge in [0.2, 0.25) is 0 Å². The molecule has 0 bridgehead atoms. The second-order valence-corrected chi connectivity index (χ2v) is 2.85. The molecule has 1 aliphatic heterocycles. The van der Waals surface area contributed by atoms with E-state index in [0.717, 1.165) is 18.9 Å². The van der Waals surface area contributed by atoms with Crippen LogP contribution in [0.15, 0.2) is 0 Å². The van der Waals surface area contributed by atoms with Gasteiger partial charge in [-0.2, -0.15) is 0 Å². The van der Waals surface area contributed by atoms with Gasteiger partial charge in [-0.25, -0.2) is 0 Å². The zero-order valence-corrected chi connectivity index (χ0v) is 6.80. The SMILES string of the molecule is CCC1CCC(OC)OC1. The maximum atomic E-state index is 5.41. The summed E-state index contributed by atoms with van der Waals surface area (Å²) in [7, 11) is 1.71. The van der Waals surface area contributed by atoms with E-state index in [4.69, 9.17) is 9.47 Å². The Morgan fingerprint density at radius 1 is 1.50 bits per heavy atom. The first-order chi connectivity index (χ1) is 4.86. The molecule has 1 heterocycles. The minimum absolute atomic E-state index is 0.0720. The van der Waals surface area contributed by atoms with Gasteiger partial charge >= 0.3 is 0 Å². The third-order valence-electron chi connectivity index (χ3n) is 2.17. The van der Waals surface area contributed by atoms with Crippen LogP contribution in [0.2, 0.25) is 0 Å². The van der Waals surface area contributed by atoms with Gasteiger partial charge in [0.15, 0.2) is 6.29 Å². The van der Waals surface area contributed by atoms with E-state index in [1.807, 2.05) is 0 Å². The Balaban J connectivity index is 2.17. The van der Waals surface area contributed by atoms with Crippen molar-refractivity contribution in [3.8, 4) is 0 Å². The lowest BCUT2D eigenvalue weighted by Gasteiger charge is -2.26. The molecule has 1 rings (SSSR count). The van der Waals surface area contributed by atoms with E-state index >= 15 is 0 Å². The van der Waals surface area contributed by atoms with Crippen LogP contribution in [0.3, 0.4) is 0 Å². The summed E-state index contributed by atoms with van der Waals surface area (Å²) in [5, 5.41) is 0. The van der Waals surface area contributed by atoms with Crippen molar-refractivity contribution in [3.63, 3.8) is 0 Å². The molecule has 0 radical (unpaired) electrons. The summed E-state index contributed by atoms with van der Waals surface area (Å²) in [6, 6.07) is 0. The van der Waals surface area contributed by atoms with Gasteiger partial charge in [-0.05, 0) is 18.8 Å². The maximum absolute atomic E-state index is 5.41. The fourth-order valence-electron chi connectivity index (χ4n) is 1.29. The van der Waals surface area contributed by atoms with Gasteiger partial charge in [0, 0.05) is 7.11 Å². The summed E-state index contributed by atoms with van der Waals surface area (Å²) in [5.41, 5.74) is 0. The van der Waals surface area contributed by atoms with Crippen LogP contribution in [0.25, 0.3) is 0 Å². The molecule has 0 amide bonds. The topological polar surface area (TPSA) is 18.5 Å². The minimum atomic E-state index is 0.0720. The highest BCUT2D eigenvalue weighted by Crippen LogP contribution is 2.21. The Kier molecular flexibility index (Phi) is 3.16. The molecule has 1 fully saturated rings. The molecule has 1 aliphatic rings. The van der Waals surface area contributed by atoms with Crippen molar-refractivity contribution >= 4 is 0 Å². The lowest BCUT2D eigenvalue weighted by Crippen LogP contribution is -2.26. The van der Waals surface area contributed by atoms with E-state index in [-0.39, 0.29) is 6.29 Å². The molecule has 0 aromatic heterocycles. The molecule has 0 saturated carbocycles. The Bertz CT molecular complexity index is 73.3. The van der Waals surface area contributed by atoms with Gasteiger partial charge in [0.25, 0.3) is 0 Å². The summed E-state index contributed by atoms with van der Waals surface area (Å²) < 4.78 is 10.5. The maximum Gasteiger partial charge on any atom is 0.157 e. The van der Waals surface area contributed by atoms with Gasteiger partial charge < -0.3 is 9.47 Å². The van der Waals surface area contributed by atoms with Crippen LogP contribution in [0.4, 0.5) is 0 Å². The summed E-state index contributed by atoms with van der Waals surface area (Å²) in [4.78, 5) is 0. The van der Waals surface area contributed by atoms with Crippen LogP contribution >= 0.6 is 0 Å². The van der Waals surface area contributed by atoms with Gasteiger partial charge in [-0.1, -0.05) is 13.3 Å². The average molecular weight is 144 g/mol. The molecular formula is C8H16O2. The summed E-state index contributed by atoms with van der Waals surface area (Å²) in [6.07, 6.45) is 3.63. The predicted octanol–water partition coefficient (Wildman–Crippen LogP) is 1.80. The fourth-order valence-corrected chi connectivity index (χ4v) is 1.29. The number of hydrogen-bond acceptors (Lipinski definition) is 2. The molecule has 0 aliphatic carbocycles. The van der Waals surface area contributed by atoms with E-state index < -0.39 is 0 Å². The molecule has 2 nitrogen and oxygen atoms in total. The molecule has 0 spiro atoms. The molecule has 60 valence electrons. The van der Waals surface area contributed by atoms with Gasteiger partial charge in [0.05, 0.1) is 6.61 Å². The van der Waals surface area contributed by atoms with Crippen molar-refractivity contribution in [2.24, 2.45) is 5.92 Å². The summed E-state index contributed by atoms with van der Waals surface area (Å²) in [6.45, 7) is 3.09. The highest BCUT2D eigenvalue weighted by atomic mass is 16.7. The van der Waals surface area contributed by atoms with Crippen molar-refractivity contribution in [1.29, 1.82) is 0 Å². The third-order valence-corrected chi connectivity index (χ3v) is 2.17. The average Bonchev–Trinajstić information content (AvgIpc) is 2.05. The Morgan fingerprint density at radius 3 is 2.70 bits per heavy atom. The molecule has 2 unspecified atom stereocenters. The van der Waals surface area contributed by atoms with Crippen LogP contribution in [0, 0.1) is 5.92 Å². The number of hydrogen-bond donors (Lipinski definition) is 0. The van der Waals surface area contributed by atoms with E-state index in [1.54, 1.807) is 7.11 Å². The largest absolute Gasteiger partial charge is 0.356 e. The predicted molar refractivity (Wildman–Crippen MR) is 39.8 cm³/mol. The standard InChI is InChI=1S/C8H16O2/c1-3-7-4-5-8(9-2)10-6-7/h7-8H,3-6H2,1-2H3. The van der Waals surface area contributed by atoms with Crippen molar-refractivity contribution in [2.45, 2.75) is 32.5 Å². The van der Waals surface area contributed by atoms with Crippen molar-refractivity contribution in [2.75, 3.05) is 13.7 Å². The third kappa shape index (κ3) is 1.96. The zero-order chi connectivity index (χ0) is 7.40. The van der Waals surface area contributed by atoms with E-state index in [9.17, 15) is 0 Å². The highest BCUT2D eigenvalue weighted by molar-refractivity contribution is 4.63. The first-order valence-corrected chi connectivity index (χ1v) is 4.01. The fraction of sp³-hybridized carbons (Fsp3) is 1.00. The first-order valence-electron chi connectivity index (χ1n) is 4.01. The first kappa shape index (κ1) is 8.02. The number of rotatable bonds is 2. The van der Waals surface area contributed by atoms with E-state index in [2.05, 4.69) is 6.92 Å². The second-order valence-electron chi connectivity index (χ2n) is 2.85. The van der Waals surface area contributed by atoms with Crippen LogP contribution in [0.5, 0.6) is 0 Å². The number of methoxy groups -OCH3 is 1. The van der Waals surface area contributed by atoms with Crippen LogP contribution in [-0.4, -0.2) is 20.0 Å². The Labute approximate surface area is 62.5 Å². The molecule has 0 N–H and O–H groups in total. The Hall–Kier alpha value is -0.0800. The Morgan fingerprint density at radius 2 is 2.30 bits per heavy atom. The molecule has 2 atom stereocenters.